The summed E-state index contributed by atoms with van der Waals surface area (Å²) in [5.41, 5.74) is 2.31. The Balaban J connectivity index is 1.85. The van der Waals surface area contributed by atoms with Crippen molar-refractivity contribution in [2.24, 2.45) is 5.92 Å². The van der Waals surface area contributed by atoms with Gasteiger partial charge in [0.2, 0.25) is 5.91 Å². The third-order valence-electron chi connectivity index (χ3n) is 4.51. The van der Waals surface area contributed by atoms with Crippen LogP contribution in [0.1, 0.15) is 59.3 Å². The molecule has 0 unspecified atom stereocenters. The van der Waals surface area contributed by atoms with Gasteiger partial charge in [-0.15, -0.1) is 0 Å². The third kappa shape index (κ3) is 2.25. The zero-order valence-corrected chi connectivity index (χ0v) is 12.6. The van der Waals surface area contributed by atoms with E-state index in [0.717, 1.165) is 19.3 Å². The van der Waals surface area contributed by atoms with Gasteiger partial charge in [0.05, 0.1) is 6.04 Å². The van der Waals surface area contributed by atoms with Crippen LogP contribution in [0.4, 0.5) is 4.79 Å². The van der Waals surface area contributed by atoms with Gasteiger partial charge >= 0.3 is 6.09 Å². The van der Waals surface area contributed by atoms with Gasteiger partial charge in [-0.05, 0) is 64.4 Å². The molecule has 110 valence electrons. The fraction of sp³-hybridized carbons (Fsp3) is 0.750. The van der Waals surface area contributed by atoms with Crippen LogP contribution in [0.2, 0.25) is 0 Å². The van der Waals surface area contributed by atoms with E-state index in [0.29, 0.717) is 12.3 Å². The summed E-state index contributed by atoms with van der Waals surface area (Å²) in [6.07, 6.45) is 5.66. The number of ether oxygens (including phenoxy) is 1. The second-order valence-electron chi connectivity index (χ2n) is 7.19. The van der Waals surface area contributed by atoms with Gasteiger partial charge in [0.1, 0.15) is 5.60 Å². The molecule has 1 heterocycles. The Morgan fingerprint density at radius 1 is 1.20 bits per heavy atom. The molecule has 2 amide bonds. The van der Waals surface area contributed by atoms with Crippen LogP contribution < -0.4 is 0 Å². The number of carbonyl (C=O) groups excluding carboxylic acids is 2. The number of allylic oxidation sites excluding steroid dienone is 1. The Labute approximate surface area is 120 Å². The highest BCUT2D eigenvalue weighted by Gasteiger charge is 2.50. The molecule has 2 aliphatic carbocycles. The van der Waals surface area contributed by atoms with Crippen molar-refractivity contribution in [1.29, 1.82) is 0 Å². The van der Waals surface area contributed by atoms with E-state index in [1.807, 2.05) is 20.8 Å². The van der Waals surface area contributed by atoms with Gasteiger partial charge in [-0.3, -0.25) is 4.79 Å². The van der Waals surface area contributed by atoms with E-state index in [4.69, 9.17) is 4.74 Å². The highest BCUT2D eigenvalue weighted by atomic mass is 16.6. The number of fused-ring (bicyclic) bond motifs is 2. The van der Waals surface area contributed by atoms with E-state index < -0.39 is 11.7 Å². The van der Waals surface area contributed by atoms with Crippen molar-refractivity contribution >= 4 is 12.0 Å². The lowest BCUT2D eigenvalue weighted by Gasteiger charge is -2.29. The predicted octanol–water partition coefficient (Wildman–Crippen LogP) is 3.41. The normalized spacial score (nSPS) is 29.6. The molecule has 0 N–H and O–H groups in total. The molecule has 1 saturated heterocycles. The molecular formula is C16H23NO3. The van der Waals surface area contributed by atoms with Gasteiger partial charge in [0.25, 0.3) is 0 Å². The number of imide groups is 1. The van der Waals surface area contributed by atoms with Crippen molar-refractivity contribution in [3.05, 3.63) is 11.1 Å². The van der Waals surface area contributed by atoms with Crippen LogP contribution in [-0.4, -0.2) is 28.5 Å². The second-order valence-corrected chi connectivity index (χ2v) is 7.19. The summed E-state index contributed by atoms with van der Waals surface area (Å²) in [6.45, 7) is 5.51. The SMILES string of the molecule is CC(C)(C)OC(=O)N1C(=O)C[C@H]2CC3=C(CCCC3)[C@H]21. The Kier molecular flexibility index (Phi) is 3.14. The molecule has 1 aliphatic heterocycles. The summed E-state index contributed by atoms with van der Waals surface area (Å²) in [4.78, 5) is 25.9. The summed E-state index contributed by atoms with van der Waals surface area (Å²) in [7, 11) is 0. The third-order valence-corrected chi connectivity index (χ3v) is 4.51. The number of rotatable bonds is 0. The van der Waals surface area contributed by atoms with Crippen molar-refractivity contribution in [3.8, 4) is 0 Å². The number of likely N-dealkylation sites (tertiary alicyclic amines) is 1. The van der Waals surface area contributed by atoms with E-state index in [9.17, 15) is 9.59 Å². The lowest BCUT2D eigenvalue weighted by atomic mass is 9.92. The first kappa shape index (κ1) is 13.7. The quantitative estimate of drug-likeness (QED) is 0.637. The molecular weight excluding hydrogens is 254 g/mol. The average molecular weight is 277 g/mol. The van der Waals surface area contributed by atoms with Gasteiger partial charge in [-0.1, -0.05) is 5.57 Å². The lowest BCUT2D eigenvalue weighted by Crippen LogP contribution is -2.43. The first-order valence-corrected chi connectivity index (χ1v) is 7.62. The molecule has 4 heteroatoms. The fourth-order valence-corrected chi connectivity index (χ4v) is 3.85. The number of nitrogens with zero attached hydrogens (tertiary/aromatic N) is 1. The van der Waals surface area contributed by atoms with Crippen LogP contribution in [0, 0.1) is 5.92 Å². The molecule has 3 rings (SSSR count). The standard InChI is InChI=1S/C16H23NO3/c1-16(2,3)20-15(19)17-13(18)9-11-8-10-6-4-5-7-12(10)14(11)17/h11,14H,4-9H2,1-3H3/t11-,14+/m1/s1. The van der Waals surface area contributed by atoms with E-state index in [1.54, 1.807) is 0 Å². The number of hydrogen-bond donors (Lipinski definition) is 0. The molecule has 4 nitrogen and oxygen atoms in total. The lowest BCUT2D eigenvalue weighted by molar-refractivity contribution is -0.127. The van der Waals surface area contributed by atoms with Crippen LogP contribution in [0.15, 0.2) is 11.1 Å². The smallest absolute Gasteiger partial charge is 0.417 e. The van der Waals surface area contributed by atoms with Crippen molar-refractivity contribution in [2.45, 2.75) is 70.9 Å². The van der Waals surface area contributed by atoms with Crippen LogP contribution in [-0.2, 0) is 9.53 Å². The van der Waals surface area contributed by atoms with Crippen molar-refractivity contribution in [1.82, 2.24) is 4.90 Å². The van der Waals surface area contributed by atoms with E-state index in [2.05, 4.69) is 0 Å². The molecule has 2 atom stereocenters. The molecule has 0 radical (unpaired) electrons. The Morgan fingerprint density at radius 2 is 1.90 bits per heavy atom. The topological polar surface area (TPSA) is 46.6 Å². The first-order valence-electron chi connectivity index (χ1n) is 7.62. The largest absolute Gasteiger partial charge is 0.443 e. The van der Waals surface area contributed by atoms with E-state index in [1.165, 1.54) is 28.9 Å². The molecule has 1 fully saturated rings. The Hall–Kier alpha value is -1.32. The summed E-state index contributed by atoms with van der Waals surface area (Å²) in [5.74, 6) is 0.240. The minimum absolute atomic E-state index is 0.00681. The summed E-state index contributed by atoms with van der Waals surface area (Å²) in [5, 5.41) is 0. The van der Waals surface area contributed by atoms with Crippen LogP contribution in [0.25, 0.3) is 0 Å². The van der Waals surface area contributed by atoms with Gasteiger partial charge < -0.3 is 4.74 Å². The molecule has 0 saturated carbocycles. The van der Waals surface area contributed by atoms with Crippen molar-refractivity contribution < 1.29 is 14.3 Å². The zero-order chi connectivity index (χ0) is 14.5. The highest BCUT2D eigenvalue weighted by molar-refractivity contribution is 5.95. The van der Waals surface area contributed by atoms with Gasteiger partial charge in [-0.2, -0.15) is 0 Å². The van der Waals surface area contributed by atoms with Crippen LogP contribution in [0.3, 0.4) is 0 Å². The summed E-state index contributed by atoms with van der Waals surface area (Å²) < 4.78 is 5.42. The molecule has 3 aliphatic rings. The molecule has 0 bridgehead atoms. The van der Waals surface area contributed by atoms with Gasteiger partial charge in [0, 0.05) is 6.42 Å². The number of hydrogen-bond acceptors (Lipinski definition) is 3. The number of carbonyl (C=O) groups is 2. The van der Waals surface area contributed by atoms with Gasteiger partial charge in [0.15, 0.2) is 0 Å². The minimum atomic E-state index is -0.558. The molecule has 0 spiro atoms. The Morgan fingerprint density at radius 3 is 2.60 bits per heavy atom. The molecule has 0 aromatic heterocycles. The zero-order valence-electron chi connectivity index (χ0n) is 12.6. The maximum Gasteiger partial charge on any atom is 0.417 e. The minimum Gasteiger partial charge on any atom is -0.443 e. The van der Waals surface area contributed by atoms with Crippen molar-refractivity contribution in [3.63, 3.8) is 0 Å². The van der Waals surface area contributed by atoms with Crippen LogP contribution >= 0.6 is 0 Å². The fourth-order valence-electron chi connectivity index (χ4n) is 3.85. The maximum absolute atomic E-state index is 12.3. The van der Waals surface area contributed by atoms with Crippen molar-refractivity contribution in [2.75, 3.05) is 0 Å². The molecule has 0 aromatic rings. The van der Waals surface area contributed by atoms with E-state index >= 15 is 0 Å². The first-order chi connectivity index (χ1) is 9.37. The second kappa shape index (κ2) is 4.61. The molecule has 20 heavy (non-hydrogen) atoms. The Bertz CT molecular complexity index is 486. The van der Waals surface area contributed by atoms with Gasteiger partial charge in [-0.25, -0.2) is 9.69 Å². The average Bonchev–Trinajstić information content (AvgIpc) is 2.80. The predicted molar refractivity (Wildman–Crippen MR) is 75.1 cm³/mol. The summed E-state index contributed by atoms with van der Waals surface area (Å²) >= 11 is 0. The number of amides is 2. The molecule has 0 aromatic carbocycles. The highest BCUT2D eigenvalue weighted by Crippen LogP contribution is 2.47. The monoisotopic (exact) mass is 277 g/mol. The summed E-state index contributed by atoms with van der Waals surface area (Å²) in [6, 6.07) is -0.00681. The van der Waals surface area contributed by atoms with Crippen LogP contribution in [0.5, 0.6) is 0 Å². The van der Waals surface area contributed by atoms with E-state index in [-0.39, 0.29) is 11.9 Å². The maximum atomic E-state index is 12.3.